The van der Waals surface area contributed by atoms with Crippen molar-refractivity contribution < 1.29 is 4.39 Å². The smallest absolute Gasteiger partial charge is 0.230 e. The topological polar surface area (TPSA) is 52.0 Å². The lowest BCUT2D eigenvalue weighted by Gasteiger charge is -2.29. The number of rotatable bonds is 1. The minimum Gasteiger partial charge on any atom is -0.364 e. The predicted octanol–water partition coefficient (Wildman–Crippen LogP) is 0.643. The third kappa shape index (κ3) is 1.34. The van der Waals surface area contributed by atoms with Crippen molar-refractivity contribution >= 4 is 5.69 Å². The fourth-order valence-corrected chi connectivity index (χ4v) is 2.55. The Morgan fingerprint density at radius 1 is 1.62 bits per heavy atom. The van der Waals surface area contributed by atoms with Gasteiger partial charge >= 0.3 is 0 Å². The standard InChI is InChI=1S/C11H11FN4/c12-11-7(3-13)1-9(5-15-11)16-6-8-2-10(16)4-14-8/h1,5,8,10,14H,2,4,6H2/t8-,10-/m1/s1. The largest absolute Gasteiger partial charge is 0.364 e. The molecule has 0 unspecified atom stereocenters. The molecule has 1 N–H and O–H groups in total. The van der Waals surface area contributed by atoms with Gasteiger partial charge in [-0.1, -0.05) is 0 Å². The second-order valence-corrected chi connectivity index (χ2v) is 4.29. The van der Waals surface area contributed by atoms with E-state index in [4.69, 9.17) is 5.26 Å². The van der Waals surface area contributed by atoms with Crippen molar-refractivity contribution in [3.63, 3.8) is 0 Å². The molecule has 0 spiro atoms. The molecule has 3 heterocycles. The van der Waals surface area contributed by atoms with Crippen LogP contribution >= 0.6 is 0 Å². The van der Waals surface area contributed by atoms with E-state index in [1.54, 1.807) is 6.07 Å². The van der Waals surface area contributed by atoms with E-state index in [-0.39, 0.29) is 5.56 Å². The molecule has 2 aliphatic heterocycles. The van der Waals surface area contributed by atoms with Crippen LogP contribution in [0.4, 0.5) is 10.1 Å². The Kier molecular flexibility index (Phi) is 2.04. The highest BCUT2D eigenvalue weighted by Crippen LogP contribution is 2.29. The molecule has 1 aromatic rings. The van der Waals surface area contributed by atoms with Crippen LogP contribution in [0.25, 0.3) is 0 Å². The Morgan fingerprint density at radius 2 is 2.50 bits per heavy atom. The van der Waals surface area contributed by atoms with Crippen LogP contribution in [0.1, 0.15) is 12.0 Å². The van der Waals surface area contributed by atoms with Crippen molar-refractivity contribution in [3.05, 3.63) is 23.8 Å². The quantitative estimate of drug-likeness (QED) is 0.703. The Morgan fingerprint density at radius 3 is 3.12 bits per heavy atom. The van der Waals surface area contributed by atoms with Crippen molar-refractivity contribution in [1.29, 1.82) is 5.26 Å². The van der Waals surface area contributed by atoms with Gasteiger partial charge in [-0.3, -0.25) is 0 Å². The van der Waals surface area contributed by atoms with Crippen LogP contribution in [0.2, 0.25) is 0 Å². The summed E-state index contributed by atoms with van der Waals surface area (Å²) in [5.41, 5.74) is 0.875. The van der Waals surface area contributed by atoms with Gasteiger partial charge in [0.25, 0.3) is 0 Å². The monoisotopic (exact) mass is 218 g/mol. The van der Waals surface area contributed by atoms with Crippen molar-refractivity contribution in [2.75, 3.05) is 18.0 Å². The van der Waals surface area contributed by atoms with Crippen molar-refractivity contribution in [1.82, 2.24) is 10.3 Å². The Balaban J connectivity index is 1.93. The maximum atomic E-state index is 13.1. The highest BCUT2D eigenvalue weighted by Gasteiger charge is 2.37. The van der Waals surface area contributed by atoms with Gasteiger partial charge < -0.3 is 10.2 Å². The van der Waals surface area contributed by atoms with Crippen LogP contribution in [0, 0.1) is 17.3 Å². The second kappa shape index (κ2) is 3.42. The van der Waals surface area contributed by atoms with Gasteiger partial charge in [0, 0.05) is 25.2 Å². The summed E-state index contributed by atoms with van der Waals surface area (Å²) in [6.07, 6.45) is 2.64. The Bertz CT molecular complexity index is 468. The number of piperazine rings is 1. The van der Waals surface area contributed by atoms with E-state index < -0.39 is 5.95 Å². The molecule has 1 aromatic heterocycles. The third-order valence-electron chi connectivity index (χ3n) is 3.33. The highest BCUT2D eigenvalue weighted by atomic mass is 19.1. The zero-order valence-corrected chi connectivity index (χ0v) is 8.65. The summed E-state index contributed by atoms with van der Waals surface area (Å²) in [6, 6.07) is 4.40. The molecule has 3 rings (SSSR count). The van der Waals surface area contributed by atoms with E-state index in [9.17, 15) is 4.39 Å². The summed E-state index contributed by atoms with van der Waals surface area (Å²) in [4.78, 5) is 5.83. The predicted molar refractivity (Wildman–Crippen MR) is 56.5 cm³/mol. The Hall–Kier alpha value is -1.67. The molecular weight excluding hydrogens is 207 g/mol. The maximum absolute atomic E-state index is 13.1. The summed E-state index contributed by atoms with van der Waals surface area (Å²) < 4.78 is 13.1. The first kappa shape index (κ1) is 9.55. The van der Waals surface area contributed by atoms with Crippen molar-refractivity contribution in [3.8, 4) is 6.07 Å². The molecule has 0 aliphatic carbocycles. The number of hydrogen-bond acceptors (Lipinski definition) is 4. The highest BCUT2D eigenvalue weighted by molar-refractivity contribution is 5.52. The number of aromatic nitrogens is 1. The molecule has 0 radical (unpaired) electrons. The van der Waals surface area contributed by atoms with E-state index in [2.05, 4.69) is 15.2 Å². The number of nitriles is 1. The summed E-state index contributed by atoms with van der Waals surface area (Å²) in [5, 5.41) is 12.2. The zero-order chi connectivity index (χ0) is 11.1. The summed E-state index contributed by atoms with van der Waals surface area (Å²) in [7, 11) is 0. The molecule has 2 atom stereocenters. The summed E-state index contributed by atoms with van der Waals surface area (Å²) in [5.74, 6) is -0.686. The maximum Gasteiger partial charge on any atom is 0.230 e. The molecule has 2 fully saturated rings. The number of pyridine rings is 1. The number of hydrogen-bond donors (Lipinski definition) is 1. The molecule has 2 aliphatic rings. The van der Waals surface area contributed by atoms with Crippen LogP contribution < -0.4 is 10.2 Å². The molecule has 5 heteroatoms. The zero-order valence-electron chi connectivity index (χ0n) is 8.65. The van der Waals surface area contributed by atoms with Crippen LogP contribution in [-0.2, 0) is 0 Å². The Labute approximate surface area is 92.7 Å². The lowest BCUT2D eigenvalue weighted by Crippen LogP contribution is -2.43. The molecular formula is C11H11FN4. The number of fused-ring (bicyclic) bond motifs is 2. The summed E-state index contributed by atoms with van der Waals surface area (Å²) in [6.45, 7) is 1.88. The fourth-order valence-electron chi connectivity index (χ4n) is 2.55. The molecule has 16 heavy (non-hydrogen) atoms. The second-order valence-electron chi connectivity index (χ2n) is 4.29. The number of nitrogens with zero attached hydrogens (tertiary/aromatic N) is 3. The van der Waals surface area contributed by atoms with Crippen LogP contribution in [0.5, 0.6) is 0 Å². The molecule has 2 saturated heterocycles. The van der Waals surface area contributed by atoms with E-state index in [0.717, 1.165) is 25.2 Å². The third-order valence-corrected chi connectivity index (χ3v) is 3.33. The minimum absolute atomic E-state index is 0.0215. The van der Waals surface area contributed by atoms with Gasteiger partial charge in [0.1, 0.15) is 11.6 Å². The number of halogens is 1. The van der Waals surface area contributed by atoms with Gasteiger partial charge in [0.15, 0.2) is 0 Å². The minimum atomic E-state index is -0.686. The number of anilines is 1. The van der Waals surface area contributed by atoms with Gasteiger partial charge in [0.05, 0.1) is 11.9 Å². The first-order valence-electron chi connectivity index (χ1n) is 5.33. The van der Waals surface area contributed by atoms with Crippen molar-refractivity contribution in [2.24, 2.45) is 0 Å². The molecule has 82 valence electrons. The van der Waals surface area contributed by atoms with Crippen LogP contribution in [-0.4, -0.2) is 30.2 Å². The SMILES string of the molecule is N#Cc1cc(N2C[C@H]3C[C@@H]2CN3)cnc1F. The lowest BCUT2D eigenvalue weighted by atomic mass is 10.2. The molecule has 4 nitrogen and oxygen atoms in total. The van der Waals surface area contributed by atoms with Crippen LogP contribution in [0.3, 0.4) is 0 Å². The van der Waals surface area contributed by atoms with Gasteiger partial charge in [-0.2, -0.15) is 9.65 Å². The van der Waals surface area contributed by atoms with E-state index in [1.807, 2.05) is 6.07 Å². The number of nitrogens with one attached hydrogen (secondary N) is 1. The summed E-state index contributed by atoms with van der Waals surface area (Å²) >= 11 is 0. The molecule has 0 amide bonds. The van der Waals surface area contributed by atoms with Gasteiger partial charge in [-0.05, 0) is 12.5 Å². The van der Waals surface area contributed by atoms with Gasteiger partial charge in [0.2, 0.25) is 5.95 Å². The van der Waals surface area contributed by atoms with E-state index >= 15 is 0 Å². The van der Waals surface area contributed by atoms with Gasteiger partial charge in [-0.25, -0.2) is 4.98 Å². The average Bonchev–Trinajstić information content (AvgIpc) is 2.91. The molecule has 2 bridgehead atoms. The van der Waals surface area contributed by atoms with Crippen molar-refractivity contribution in [2.45, 2.75) is 18.5 Å². The molecule has 0 saturated carbocycles. The van der Waals surface area contributed by atoms with E-state index in [1.165, 1.54) is 6.20 Å². The lowest BCUT2D eigenvalue weighted by molar-refractivity contribution is 0.568. The average molecular weight is 218 g/mol. The van der Waals surface area contributed by atoms with Gasteiger partial charge in [-0.15, -0.1) is 0 Å². The molecule has 0 aromatic carbocycles. The normalized spacial score (nSPS) is 27.1. The first-order valence-corrected chi connectivity index (χ1v) is 5.33. The van der Waals surface area contributed by atoms with Crippen LogP contribution in [0.15, 0.2) is 12.3 Å². The first-order chi connectivity index (χ1) is 7.78. The fraction of sp³-hybridized carbons (Fsp3) is 0.455. The van der Waals surface area contributed by atoms with E-state index in [0.29, 0.717) is 12.1 Å².